The molecule has 0 aliphatic carbocycles. The topological polar surface area (TPSA) is 47.6 Å². The Morgan fingerprint density at radius 1 is 1.04 bits per heavy atom. The fourth-order valence-corrected chi connectivity index (χ4v) is 4.69. The second-order valence-corrected chi connectivity index (χ2v) is 8.57. The van der Waals surface area contributed by atoms with Crippen LogP contribution in [0.2, 0.25) is 0 Å². The van der Waals surface area contributed by atoms with Crippen LogP contribution >= 0.6 is 24.8 Å². The van der Waals surface area contributed by atoms with Crippen molar-refractivity contribution < 1.29 is 4.79 Å². The molecule has 7 heteroatoms. The molecule has 3 fully saturated rings. The van der Waals surface area contributed by atoms with Gasteiger partial charge in [0.2, 0.25) is 5.91 Å². The first-order valence-corrected chi connectivity index (χ1v) is 9.98. The van der Waals surface area contributed by atoms with E-state index in [0.717, 1.165) is 19.5 Å². The Morgan fingerprint density at radius 3 is 2.23 bits per heavy atom. The number of hydrogen-bond acceptors (Lipinski definition) is 4. The van der Waals surface area contributed by atoms with Gasteiger partial charge in [0.25, 0.3) is 0 Å². The van der Waals surface area contributed by atoms with Crippen molar-refractivity contribution in [3.8, 4) is 0 Å². The van der Waals surface area contributed by atoms with E-state index in [1.54, 1.807) is 0 Å². The van der Waals surface area contributed by atoms with Gasteiger partial charge in [0.1, 0.15) is 0 Å². The predicted molar refractivity (Wildman–Crippen MR) is 113 cm³/mol. The van der Waals surface area contributed by atoms with Crippen molar-refractivity contribution in [3.63, 3.8) is 0 Å². The fraction of sp³-hybridized carbons (Fsp3) is 0.947. The summed E-state index contributed by atoms with van der Waals surface area (Å²) in [6.45, 7) is 5.57. The second-order valence-electron chi connectivity index (χ2n) is 8.57. The lowest BCUT2D eigenvalue weighted by Crippen LogP contribution is -2.42. The van der Waals surface area contributed by atoms with Crippen LogP contribution in [0.3, 0.4) is 0 Å². The number of hydrogen-bond donors (Lipinski definition) is 2. The number of likely N-dealkylation sites (N-methyl/N-ethyl adjacent to an activating group) is 1. The first-order valence-electron chi connectivity index (χ1n) is 9.98. The molecule has 2 N–H and O–H groups in total. The smallest absolute Gasteiger partial charge is 0.220 e. The quantitative estimate of drug-likeness (QED) is 0.677. The minimum absolute atomic E-state index is 0. The molecule has 0 aromatic heterocycles. The maximum Gasteiger partial charge on any atom is 0.220 e. The van der Waals surface area contributed by atoms with E-state index in [-0.39, 0.29) is 30.7 Å². The molecule has 154 valence electrons. The van der Waals surface area contributed by atoms with E-state index in [0.29, 0.717) is 23.9 Å². The highest BCUT2D eigenvalue weighted by Gasteiger charge is 2.34. The molecule has 0 saturated carbocycles. The molecule has 26 heavy (non-hydrogen) atoms. The Balaban J connectivity index is 0.00000169. The third kappa shape index (κ3) is 7.51. The van der Waals surface area contributed by atoms with Gasteiger partial charge in [-0.05, 0) is 77.5 Å². The van der Waals surface area contributed by atoms with Crippen LogP contribution in [0.25, 0.3) is 0 Å². The standard InChI is InChI=1S/C19H36N4O.2ClH/c1-22(2)9-10-23-7-5-15(6-8-23)14-20-19(24)13-16-11-17-3-4-18(12-16)21-17;;/h15-18,21H,3-14H2,1-2H3,(H,20,24);2*1H. The molecule has 3 aliphatic rings. The summed E-state index contributed by atoms with van der Waals surface area (Å²) < 4.78 is 0. The summed E-state index contributed by atoms with van der Waals surface area (Å²) in [7, 11) is 4.27. The highest BCUT2D eigenvalue weighted by atomic mass is 35.5. The molecular weight excluding hydrogens is 371 g/mol. The van der Waals surface area contributed by atoms with Gasteiger partial charge in [-0.2, -0.15) is 0 Å². The number of halogens is 2. The largest absolute Gasteiger partial charge is 0.356 e. The van der Waals surface area contributed by atoms with Crippen molar-refractivity contribution in [2.75, 3.05) is 46.8 Å². The monoisotopic (exact) mass is 408 g/mol. The van der Waals surface area contributed by atoms with Crippen LogP contribution in [0.15, 0.2) is 0 Å². The first kappa shape index (κ1) is 24.0. The number of piperidine rings is 2. The molecule has 2 atom stereocenters. The van der Waals surface area contributed by atoms with Gasteiger partial charge in [0.05, 0.1) is 0 Å². The molecule has 0 spiro atoms. The maximum absolute atomic E-state index is 12.3. The van der Waals surface area contributed by atoms with Crippen LogP contribution in [0.4, 0.5) is 0 Å². The van der Waals surface area contributed by atoms with Gasteiger partial charge in [0.15, 0.2) is 0 Å². The van der Waals surface area contributed by atoms with Crippen molar-refractivity contribution in [2.24, 2.45) is 11.8 Å². The Morgan fingerprint density at radius 2 is 1.65 bits per heavy atom. The van der Waals surface area contributed by atoms with Crippen molar-refractivity contribution in [1.29, 1.82) is 0 Å². The minimum atomic E-state index is 0. The SMILES string of the molecule is CN(C)CCN1CCC(CNC(=O)CC2CC3CCC(C2)N3)CC1.Cl.Cl. The van der Waals surface area contributed by atoms with E-state index >= 15 is 0 Å². The molecule has 1 amide bonds. The third-order valence-electron chi connectivity index (χ3n) is 6.20. The summed E-state index contributed by atoms with van der Waals surface area (Å²) in [6, 6.07) is 1.38. The average Bonchev–Trinajstić information content (AvgIpc) is 2.90. The summed E-state index contributed by atoms with van der Waals surface area (Å²) in [5.74, 6) is 1.57. The zero-order valence-electron chi connectivity index (χ0n) is 16.4. The van der Waals surface area contributed by atoms with Crippen molar-refractivity contribution in [2.45, 2.75) is 57.0 Å². The van der Waals surface area contributed by atoms with E-state index in [1.807, 2.05) is 0 Å². The molecule has 0 aromatic carbocycles. The zero-order valence-corrected chi connectivity index (χ0v) is 18.0. The number of likely N-dealkylation sites (tertiary alicyclic amines) is 1. The van der Waals surface area contributed by atoms with Gasteiger partial charge in [-0.3, -0.25) is 4.79 Å². The van der Waals surface area contributed by atoms with Crippen LogP contribution in [0.5, 0.6) is 0 Å². The van der Waals surface area contributed by atoms with Gasteiger partial charge in [-0.25, -0.2) is 0 Å². The van der Waals surface area contributed by atoms with E-state index in [4.69, 9.17) is 0 Å². The molecule has 0 radical (unpaired) electrons. The lowest BCUT2D eigenvalue weighted by molar-refractivity contribution is -0.122. The number of nitrogens with one attached hydrogen (secondary N) is 2. The molecule has 3 saturated heterocycles. The van der Waals surface area contributed by atoms with Gasteiger partial charge < -0.3 is 20.4 Å². The van der Waals surface area contributed by atoms with Crippen LogP contribution in [0.1, 0.15) is 44.9 Å². The zero-order chi connectivity index (χ0) is 16.9. The third-order valence-corrected chi connectivity index (χ3v) is 6.20. The molecule has 5 nitrogen and oxygen atoms in total. The summed E-state index contributed by atoms with van der Waals surface area (Å²) in [5, 5.41) is 6.89. The average molecular weight is 409 g/mol. The van der Waals surface area contributed by atoms with Crippen molar-refractivity contribution in [3.05, 3.63) is 0 Å². The van der Waals surface area contributed by atoms with Crippen LogP contribution in [-0.4, -0.2) is 74.6 Å². The Hall–Kier alpha value is -0.0700. The van der Waals surface area contributed by atoms with Gasteiger partial charge in [-0.1, -0.05) is 0 Å². The van der Waals surface area contributed by atoms with Crippen molar-refractivity contribution >= 4 is 30.7 Å². The number of rotatable bonds is 7. The molecule has 3 aliphatic heterocycles. The van der Waals surface area contributed by atoms with E-state index in [9.17, 15) is 4.79 Å². The molecular formula is C19H38Cl2N4O. The summed E-state index contributed by atoms with van der Waals surface area (Å²) >= 11 is 0. The second kappa shape index (κ2) is 11.7. The number of carbonyl (C=O) groups excluding carboxylic acids is 1. The number of carbonyl (C=O) groups is 1. The number of nitrogens with zero attached hydrogens (tertiary/aromatic N) is 2. The normalized spacial score (nSPS) is 29.1. The fourth-order valence-electron chi connectivity index (χ4n) is 4.69. The highest BCUT2D eigenvalue weighted by molar-refractivity contribution is 5.85. The number of amides is 1. The van der Waals surface area contributed by atoms with Gasteiger partial charge in [-0.15, -0.1) is 24.8 Å². The Bertz CT molecular complexity index is 404. The number of fused-ring (bicyclic) bond motifs is 2. The Labute approximate surface area is 171 Å². The van der Waals surface area contributed by atoms with E-state index < -0.39 is 0 Å². The predicted octanol–water partition coefficient (Wildman–Crippen LogP) is 2.14. The van der Waals surface area contributed by atoms with Gasteiger partial charge >= 0.3 is 0 Å². The van der Waals surface area contributed by atoms with Gasteiger partial charge in [0, 0.05) is 38.1 Å². The lowest BCUT2D eigenvalue weighted by atomic mass is 9.89. The van der Waals surface area contributed by atoms with E-state index in [2.05, 4.69) is 34.5 Å². The highest BCUT2D eigenvalue weighted by Crippen LogP contribution is 2.32. The lowest BCUT2D eigenvalue weighted by Gasteiger charge is -2.33. The summed E-state index contributed by atoms with van der Waals surface area (Å²) in [5.41, 5.74) is 0. The van der Waals surface area contributed by atoms with E-state index in [1.165, 1.54) is 58.2 Å². The van der Waals surface area contributed by atoms with Crippen molar-refractivity contribution in [1.82, 2.24) is 20.4 Å². The molecule has 0 aromatic rings. The molecule has 3 heterocycles. The van der Waals surface area contributed by atoms with Crippen LogP contribution < -0.4 is 10.6 Å². The van der Waals surface area contributed by atoms with Crippen LogP contribution in [0, 0.1) is 11.8 Å². The summed E-state index contributed by atoms with van der Waals surface area (Å²) in [6.07, 6.45) is 8.24. The molecule has 3 rings (SSSR count). The summed E-state index contributed by atoms with van der Waals surface area (Å²) in [4.78, 5) is 17.1. The maximum atomic E-state index is 12.3. The Kier molecular flexibility index (Phi) is 10.8. The molecule has 2 bridgehead atoms. The minimum Gasteiger partial charge on any atom is -0.356 e. The first-order chi connectivity index (χ1) is 11.6. The molecule has 2 unspecified atom stereocenters. The van der Waals surface area contributed by atoms with Crippen LogP contribution in [-0.2, 0) is 4.79 Å².